The number of amides is 2. The van der Waals surface area contributed by atoms with Crippen LogP contribution in [-0.2, 0) is 10.2 Å². The highest BCUT2D eigenvalue weighted by Gasteiger charge is 2.46. The summed E-state index contributed by atoms with van der Waals surface area (Å²) in [4.78, 5) is 33.8. The Balaban J connectivity index is 1.56. The highest BCUT2D eigenvalue weighted by atomic mass is 16.6. The van der Waals surface area contributed by atoms with Crippen molar-refractivity contribution in [1.29, 1.82) is 5.26 Å². The molecule has 1 aromatic carbocycles. The molecule has 1 aromatic heterocycles. The molecule has 2 atom stereocenters. The predicted octanol–water partition coefficient (Wildman–Crippen LogP) is 5.17. The largest absolute Gasteiger partial charge is 0.419 e. The van der Waals surface area contributed by atoms with Gasteiger partial charge in [-0.1, -0.05) is 38.2 Å². The lowest BCUT2D eigenvalue weighted by Gasteiger charge is -2.43. The van der Waals surface area contributed by atoms with Crippen LogP contribution in [0.4, 0.5) is 16.2 Å². The van der Waals surface area contributed by atoms with Crippen LogP contribution in [0.15, 0.2) is 42.7 Å². The third kappa shape index (κ3) is 5.70. The van der Waals surface area contributed by atoms with E-state index in [-0.39, 0.29) is 17.4 Å². The lowest BCUT2D eigenvalue weighted by molar-refractivity contribution is -0.117. The van der Waals surface area contributed by atoms with Gasteiger partial charge in [-0.05, 0) is 55.5 Å². The fourth-order valence-corrected chi connectivity index (χ4v) is 6.91. The molecular weight excluding hydrogens is 504 g/mol. The van der Waals surface area contributed by atoms with Crippen molar-refractivity contribution in [3.05, 3.63) is 48.3 Å². The first-order valence-corrected chi connectivity index (χ1v) is 14.6. The molecule has 9 nitrogen and oxygen atoms in total. The van der Waals surface area contributed by atoms with E-state index in [2.05, 4.69) is 33.6 Å². The Morgan fingerprint density at radius 1 is 1.15 bits per heavy atom. The van der Waals surface area contributed by atoms with Gasteiger partial charge in [-0.2, -0.15) is 5.26 Å². The Morgan fingerprint density at radius 2 is 1.93 bits per heavy atom. The van der Waals surface area contributed by atoms with Crippen molar-refractivity contribution in [2.24, 2.45) is 5.92 Å². The second kappa shape index (κ2) is 12.4. The second-order valence-corrected chi connectivity index (χ2v) is 11.5. The molecule has 3 heterocycles. The van der Waals surface area contributed by atoms with Crippen molar-refractivity contribution < 1.29 is 14.3 Å². The highest BCUT2D eigenvalue weighted by molar-refractivity contribution is 6.02. The first kappa shape index (κ1) is 28.1. The molecule has 1 unspecified atom stereocenters. The van der Waals surface area contributed by atoms with Gasteiger partial charge >= 0.3 is 6.09 Å². The molecule has 1 saturated heterocycles. The molecule has 0 bridgehead atoms. The van der Waals surface area contributed by atoms with Crippen LogP contribution < -0.4 is 20.0 Å². The van der Waals surface area contributed by atoms with E-state index in [1.807, 2.05) is 13.0 Å². The molecule has 1 saturated carbocycles. The maximum Gasteiger partial charge on any atom is 0.419 e. The molecule has 1 N–H and O–H groups in total. The number of benzene rings is 1. The highest BCUT2D eigenvalue weighted by Crippen LogP contribution is 2.46. The average Bonchev–Trinajstić information content (AvgIpc) is 3.36. The number of pyridine rings is 1. The normalized spacial score (nSPS) is 24.1. The number of ether oxygens (including phenoxy) is 1. The van der Waals surface area contributed by atoms with E-state index in [0.29, 0.717) is 36.9 Å². The Labute approximate surface area is 237 Å². The monoisotopic (exact) mass is 544 g/mol. The number of hydrogen-bond acceptors (Lipinski definition) is 7. The Bertz CT molecular complexity index is 1240. The van der Waals surface area contributed by atoms with Crippen molar-refractivity contribution in [1.82, 2.24) is 15.4 Å². The van der Waals surface area contributed by atoms with Crippen LogP contribution in [-0.4, -0.2) is 54.2 Å². The van der Waals surface area contributed by atoms with Gasteiger partial charge in [0.05, 0.1) is 29.7 Å². The number of hydrogen-bond donors (Lipinski definition) is 1. The van der Waals surface area contributed by atoms with E-state index in [4.69, 9.17) is 4.74 Å². The molecule has 9 heteroatoms. The summed E-state index contributed by atoms with van der Waals surface area (Å²) in [5, 5.41) is 11.4. The molecule has 2 aliphatic heterocycles. The van der Waals surface area contributed by atoms with Gasteiger partial charge in [0.25, 0.3) is 0 Å². The van der Waals surface area contributed by atoms with Gasteiger partial charge < -0.3 is 9.64 Å². The van der Waals surface area contributed by atoms with Crippen molar-refractivity contribution in [2.45, 2.75) is 76.7 Å². The summed E-state index contributed by atoms with van der Waals surface area (Å²) >= 11 is 0. The van der Waals surface area contributed by atoms with Gasteiger partial charge in [-0.15, -0.1) is 0 Å². The fourth-order valence-electron chi connectivity index (χ4n) is 6.91. The third-order valence-electron chi connectivity index (χ3n) is 8.86. The van der Waals surface area contributed by atoms with Crippen LogP contribution in [0.2, 0.25) is 0 Å². The van der Waals surface area contributed by atoms with Crippen molar-refractivity contribution in [3.63, 3.8) is 0 Å². The lowest BCUT2D eigenvalue weighted by atomic mass is 9.66. The summed E-state index contributed by atoms with van der Waals surface area (Å²) in [6.07, 6.45) is 11.7. The number of fused-ring (bicyclic) bond motifs is 1. The van der Waals surface area contributed by atoms with E-state index < -0.39 is 6.09 Å². The number of aromatic nitrogens is 1. The molecule has 5 rings (SSSR count). The standard InChI is InChI=1S/C31H40N6O3/c1-23-20-36(30(39)40-27-12-8-16-33-19-27)29-18-26(13-14-28(29)37(23)24(2)38)31(21-34-35(22-31)17-9-15-32)25-10-6-4-3-5-7-11-25/h8,12-14,16,18-19,23,25,34H,3-7,9-11,17,20-22H2,1-2H3/t23-,31?/m0/s1. The van der Waals surface area contributed by atoms with Crippen LogP contribution >= 0.6 is 0 Å². The van der Waals surface area contributed by atoms with Crippen LogP contribution in [0.1, 0.15) is 70.8 Å². The summed E-state index contributed by atoms with van der Waals surface area (Å²) in [6.45, 7) is 6.13. The van der Waals surface area contributed by atoms with E-state index in [1.54, 1.807) is 35.1 Å². The fraction of sp³-hybridized carbons (Fsp3) is 0.548. The second-order valence-electron chi connectivity index (χ2n) is 11.5. The quantitative estimate of drug-likeness (QED) is 0.554. The lowest BCUT2D eigenvalue weighted by Crippen LogP contribution is -2.52. The van der Waals surface area contributed by atoms with Gasteiger partial charge in [-0.3, -0.25) is 20.1 Å². The number of carbonyl (C=O) groups excluding carboxylic acids is 2. The molecule has 0 radical (unpaired) electrons. The molecule has 212 valence electrons. The molecule has 40 heavy (non-hydrogen) atoms. The molecule has 3 aliphatic rings. The molecule has 0 spiro atoms. The van der Waals surface area contributed by atoms with Crippen LogP contribution in [0, 0.1) is 17.2 Å². The molecule has 1 aliphatic carbocycles. The molecule has 2 amide bonds. The number of anilines is 2. The number of rotatable bonds is 5. The maximum atomic E-state index is 13.5. The predicted molar refractivity (Wildman–Crippen MR) is 154 cm³/mol. The van der Waals surface area contributed by atoms with Gasteiger partial charge in [-0.25, -0.2) is 9.80 Å². The summed E-state index contributed by atoms with van der Waals surface area (Å²) in [5.74, 6) is 0.806. The van der Waals surface area contributed by atoms with Crippen LogP contribution in [0.5, 0.6) is 5.75 Å². The Morgan fingerprint density at radius 3 is 2.62 bits per heavy atom. The summed E-state index contributed by atoms with van der Waals surface area (Å²) in [6, 6.07) is 11.8. The topological polar surface area (TPSA) is 102 Å². The Kier molecular flexibility index (Phi) is 8.67. The van der Waals surface area contributed by atoms with Crippen LogP contribution in [0.25, 0.3) is 0 Å². The smallest absolute Gasteiger partial charge is 0.408 e. The van der Waals surface area contributed by atoms with Crippen LogP contribution in [0.3, 0.4) is 0 Å². The van der Waals surface area contributed by atoms with E-state index in [9.17, 15) is 14.9 Å². The summed E-state index contributed by atoms with van der Waals surface area (Å²) in [5.41, 5.74) is 6.02. The number of carbonyl (C=O) groups is 2. The molecular formula is C31H40N6O3. The minimum atomic E-state index is -0.485. The first-order chi connectivity index (χ1) is 19.4. The zero-order valence-electron chi connectivity index (χ0n) is 23.6. The van der Waals surface area contributed by atoms with E-state index in [1.165, 1.54) is 43.9 Å². The van der Waals surface area contributed by atoms with Crippen molar-refractivity contribution in [3.8, 4) is 11.8 Å². The van der Waals surface area contributed by atoms with E-state index in [0.717, 1.165) is 31.6 Å². The van der Waals surface area contributed by atoms with Crippen molar-refractivity contribution in [2.75, 3.05) is 36.0 Å². The summed E-state index contributed by atoms with van der Waals surface area (Å²) in [7, 11) is 0. The van der Waals surface area contributed by atoms with Gasteiger partial charge in [0.2, 0.25) is 5.91 Å². The first-order valence-electron chi connectivity index (χ1n) is 14.6. The zero-order chi connectivity index (χ0) is 28.1. The molecule has 2 aromatic rings. The van der Waals surface area contributed by atoms with Gasteiger partial charge in [0.15, 0.2) is 5.75 Å². The maximum absolute atomic E-state index is 13.5. The van der Waals surface area contributed by atoms with Crippen molar-refractivity contribution >= 4 is 23.4 Å². The Hall–Kier alpha value is -3.48. The number of nitriles is 1. The SMILES string of the molecule is CC(=O)N1c2ccc(C3(C4CCCCCCC4)CNN(CCC#N)C3)cc2N(C(=O)Oc2cccnc2)C[C@@H]1C. The number of hydrazine groups is 1. The number of nitrogens with zero attached hydrogens (tertiary/aromatic N) is 5. The number of nitrogens with one attached hydrogen (secondary N) is 1. The average molecular weight is 545 g/mol. The minimum Gasteiger partial charge on any atom is -0.408 e. The molecule has 2 fully saturated rings. The minimum absolute atomic E-state index is 0.0540. The van der Waals surface area contributed by atoms with E-state index >= 15 is 0 Å². The van der Waals surface area contributed by atoms with Gasteiger partial charge in [0.1, 0.15) is 0 Å². The zero-order valence-corrected chi connectivity index (χ0v) is 23.6. The third-order valence-corrected chi connectivity index (χ3v) is 8.86. The summed E-state index contributed by atoms with van der Waals surface area (Å²) < 4.78 is 5.72. The van der Waals surface area contributed by atoms with Gasteiger partial charge in [0, 0.05) is 51.1 Å².